The molecule has 0 aromatic heterocycles. The number of benzene rings is 2. The third-order valence-electron chi connectivity index (χ3n) is 6.11. The molecule has 31 heavy (non-hydrogen) atoms. The Hall–Kier alpha value is -2.42. The summed E-state index contributed by atoms with van der Waals surface area (Å²) in [5, 5.41) is 18.7. The zero-order valence-electron chi connectivity index (χ0n) is 17.8. The molecule has 0 saturated carbocycles. The van der Waals surface area contributed by atoms with Crippen LogP contribution in [0.3, 0.4) is 0 Å². The monoisotopic (exact) mass is 446 g/mol. The van der Waals surface area contributed by atoms with Crippen LogP contribution in [0.25, 0.3) is 0 Å². The van der Waals surface area contributed by atoms with E-state index in [1.807, 2.05) is 19.1 Å². The summed E-state index contributed by atoms with van der Waals surface area (Å²) in [4.78, 5) is 14.7. The van der Waals surface area contributed by atoms with Crippen LogP contribution in [0.2, 0.25) is 0 Å². The maximum atomic E-state index is 12.9. The SMILES string of the molecule is Cc1ccc(NS(=O)(=O)c2ccc(C(=O)N3CCC(CCO)(CCO)CC3)cc2)cc1. The first-order valence-corrected chi connectivity index (χ1v) is 12.0. The van der Waals surface area contributed by atoms with Gasteiger partial charge >= 0.3 is 0 Å². The summed E-state index contributed by atoms with van der Waals surface area (Å²) in [5.41, 5.74) is 1.83. The number of amides is 1. The molecule has 1 fully saturated rings. The number of nitrogens with zero attached hydrogens (tertiary/aromatic N) is 1. The Morgan fingerprint density at radius 2 is 1.52 bits per heavy atom. The van der Waals surface area contributed by atoms with E-state index < -0.39 is 10.0 Å². The second-order valence-corrected chi connectivity index (χ2v) is 9.92. The molecule has 3 rings (SSSR count). The molecule has 2 aromatic rings. The quantitative estimate of drug-likeness (QED) is 0.578. The molecule has 1 aliphatic rings. The molecule has 2 aromatic carbocycles. The molecule has 8 heteroatoms. The summed E-state index contributed by atoms with van der Waals surface area (Å²) >= 11 is 0. The summed E-state index contributed by atoms with van der Waals surface area (Å²) in [6, 6.07) is 13.0. The second kappa shape index (κ2) is 9.80. The minimum absolute atomic E-state index is 0.0699. The number of carbonyl (C=O) groups excluding carboxylic acids is 1. The van der Waals surface area contributed by atoms with Gasteiger partial charge in [0.2, 0.25) is 0 Å². The zero-order valence-corrected chi connectivity index (χ0v) is 18.6. The first-order chi connectivity index (χ1) is 14.8. The number of aryl methyl sites for hydroxylation is 1. The van der Waals surface area contributed by atoms with Gasteiger partial charge in [0.15, 0.2) is 0 Å². The molecular formula is C23H30N2O5S. The summed E-state index contributed by atoms with van der Waals surface area (Å²) in [5.74, 6) is -0.142. The van der Waals surface area contributed by atoms with Crippen molar-refractivity contribution >= 4 is 21.6 Å². The number of anilines is 1. The molecule has 0 unspecified atom stereocenters. The molecule has 168 valence electrons. The molecule has 1 heterocycles. The maximum absolute atomic E-state index is 12.9. The number of hydrogen-bond acceptors (Lipinski definition) is 5. The van der Waals surface area contributed by atoms with Gasteiger partial charge in [0, 0.05) is 37.6 Å². The van der Waals surface area contributed by atoms with Crippen LogP contribution in [0, 0.1) is 12.3 Å². The lowest BCUT2D eigenvalue weighted by Gasteiger charge is -2.41. The van der Waals surface area contributed by atoms with Crippen molar-refractivity contribution in [2.24, 2.45) is 5.41 Å². The van der Waals surface area contributed by atoms with Gasteiger partial charge in [0.05, 0.1) is 4.90 Å². The smallest absolute Gasteiger partial charge is 0.261 e. The molecule has 7 nitrogen and oxygen atoms in total. The van der Waals surface area contributed by atoms with Crippen molar-refractivity contribution in [3.63, 3.8) is 0 Å². The van der Waals surface area contributed by atoms with Gasteiger partial charge in [-0.1, -0.05) is 17.7 Å². The van der Waals surface area contributed by atoms with Crippen LogP contribution in [0.5, 0.6) is 0 Å². The first-order valence-electron chi connectivity index (χ1n) is 10.5. The Morgan fingerprint density at radius 3 is 2.03 bits per heavy atom. The number of hydrogen-bond donors (Lipinski definition) is 3. The summed E-state index contributed by atoms with van der Waals surface area (Å²) in [6.07, 6.45) is 2.70. The average Bonchev–Trinajstić information content (AvgIpc) is 2.76. The largest absolute Gasteiger partial charge is 0.396 e. The van der Waals surface area contributed by atoms with Gasteiger partial charge < -0.3 is 15.1 Å². The Balaban J connectivity index is 1.66. The van der Waals surface area contributed by atoms with Crippen molar-refractivity contribution in [2.45, 2.75) is 37.5 Å². The molecular weight excluding hydrogens is 416 g/mol. The number of likely N-dealkylation sites (tertiary alicyclic amines) is 1. The lowest BCUT2D eigenvalue weighted by molar-refractivity contribution is 0.0412. The van der Waals surface area contributed by atoms with Gasteiger partial charge in [-0.05, 0) is 74.4 Å². The van der Waals surface area contributed by atoms with Gasteiger partial charge in [0.25, 0.3) is 15.9 Å². The van der Waals surface area contributed by atoms with E-state index in [1.54, 1.807) is 17.0 Å². The summed E-state index contributed by atoms with van der Waals surface area (Å²) < 4.78 is 27.8. The van der Waals surface area contributed by atoms with E-state index >= 15 is 0 Å². The highest BCUT2D eigenvalue weighted by Gasteiger charge is 2.35. The first kappa shape index (κ1) is 23.2. The van der Waals surface area contributed by atoms with Crippen molar-refractivity contribution in [3.8, 4) is 0 Å². The van der Waals surface area contributed by atoms with Crippen molar-refractivity contribution in [1.82, 2.24) is 4.90 Å². The van der Waals surface area contributed by atoms with Crippen molar-refractivity contribution < 1.29 is 23.4 Å². The molecule has 1 aliphatic heterocycles. The van der Waals surface area contributed by atoms with E-state index in [9.17, 15) is 23.4 Å². The van der Waals surface area contributed by atoms with Gasteiger partial charge in [0.1, 0.15) is 0 Å². The Morgan fingerprint density at radius 1 is 0.968 bits per heavy atom. The van der Waals surface area contributed by atoms with Gasteiger partial charge in [-0.25, -0.2) is 8.42 Å². The fraction of sp³-hybridized carbons (Fsp3) is 0.435. The molecule has 0 spiro atoms. The highest BCUT2D eigenvalue weighted by atomic mass is 32.2. The Kier molecular flexibility index (Phi) is 7.35. The molecule has 1 saturated heterocycles. The van der Waals surface area contributed by atoms with Gasteiger partial charge in [-0.15, -0.1) is 0 Å². The Bertz CT molecular complexity index is 972. The number of aliphatic hydroxyl groups excluding tert-OH is 2. The van der Waals surface area contributed by atoms with Crippen LogP contribution in [-0.2, 0) is 10.0 Å². The summed E-state index contributed by atoms with van der Waals surface area (Å²) in [6.45, 7) is 3.17. The van der Waals surface area contributed by atoms with Crippen LogP contribution < -0.4 is 4.72 Å². The molecule has 0 bridgehead atoms. The molecule has 0 radical (unpaired) electrons. The normalized spacial score (nSPS) is 16.2. The van der Waals surface area contributed by atoms with E-state index in [0.29, 0.717) is 37.2 Å². The second-order valence-electron chi connectivity index (χ2n) is 8.24. The lowest BCUT2D eigenvalue weighted by Crippen LogP contribution is -2.44. The van der Waals surface area contributed by atoms with Gasteiger partial charge in [-0.3, -0.25) is 9.52 Å². The number of sulfonamides is 1. The van der Waals surface area contributed by atoms with Crippen LogP contribution in [0.15, 0.2) is 53.4 Å². The van der Waals surface area contributed by atoms with Crippen LogP contribution in [0.4, 0.5) is 5.69 Å². The highest BCUT2D eigenvalue weighted by molar-refractivity contribution is 7.92. The topological polar surface area (TPSA) is 107 Å². The van der Waals surface area contributed by atoms with E-state index in [0.717, 1.165) is 18.4 Å². The van der Waals surface area contributed by atoms with Gasteiger partial charge in [-0.2, -0.15) is 0 Å². The lowest BCUT2D eigenvalue weighted by atomic mass is 9.73. The number of nitrogens with one attached hydrogen (secondary N) is 1. The van der Waals surface area contributed by atoms with E-state index in [2.05, 4.69) is 4.72 Å². The van der Waals surface area contributed by atoms with Crippen molar-refractivity contribution in [2.75, 3.05) is 31.0 Å². The fourth-order valence-electron chi connectivity index (χ4n) is 4.08. The van der Waals surface area contributed by atoms with Crippen LogP contribution in [0.1, 0.15) is 41.6 Å². The fourth-order valence-corrected chi connectivity index (χ4v) is 5.14. The maximum Gasteiger partial charge on any atom is 0.261 e. The standard InChI is InChI=1S/C23H30N2O5S/c1-18-2-6-20(7-3-18)24-31(29,30)21-8-4-19(5-9-21)22(28)25-14-10-23(11-15-25,12-16-26)13-17-27/h2-9,24,26-27H,10-17H2,1H3. The highest BCUT2D eigenvalue weighted by Crippen LogP contribution is 2.38. The van der Waals surface area contributed by atoms with E-state index in [-0.39, 0.29) is 29.4 Å². The molecule has 0 aliphatic carbocycles. The van der Waals surface area contributed by atoms with Crippen LogP contribution in [-0.4, -0.2) is 55.7 Å². The zero-order chi connectivity index (χ0) is 22.5. The number of carbonyl (C=O) groups is 1. The van der Waals surface area contributed by atoms with Crippen molar-refractivity contribution in [3.05, 3.63) is 59.7 Å². The molecule has 3 N–H and O–H groups in total. The third kappa shape index (κ3) is 5.64. The van der Waals surface area contributed by atoms with Crippen molar-refractivity contribution in [1.29, 1.82) is 0 Å². The summed E-state index contributed by atoms with van der Waals surface area (Å²) in [7, 11) is -3.74. The number of aliphatic hydroxyl groups is 2. The predicted molar refractivity (Wildman–Crippen MR) is 119 cm³/mol. The minimum Gasteiger partial charge on any atom is -0.396 e. The third-order valence-corrected chi connectivity index (χ3v) is 7.51. The Labute approximate surface area is 183 Å². The molecule has 1 amide bonds. The predicted octanol–water partition coefficient (Wildman–Crippen LogP) is 2.78. The average molecular weight is 447 g/mol. The van der Waals surface area contributed by atoms with Crippen LogP contribution >= 0.6 is 0 Å². The number of rotatable bonds is 8. The van der Waals surface area contributed by atoms with E-state index in [4.69, 9.17) is 0 Å². The van der Waals surface area contributed by atoms with E-state index in [1.165, 1.54) is 24.3 Å². The number of piperidine rings is 1. The minimum atomic E-state index is -3.74. The molecule has 0 atom stereocenters.